The predicted molar refractivity (Wildman–Crippen MR) is 80.5 cm³/mol. The van der Waals surface area contributed by atoms with Gasteiger partial charge >= 0.3 is 5.97 Å². The fourth-order valence-corrected chi connectivity index (χ4v) is 2.99. The molecule has 5 nitrogen and oxygen atoms in total. The third-order valence-electron chi connectivity index (χ3n) is 3.70. The predicted octanol–water partition coefficient (Wildman–Crippen LogP) is 1.99. The van der Waals surface area contributed by atoms with Crippen molar-refractivity contribution in [3.05, 3.63) is 34.3 Å². The lowest BCUT2D eigenvalue weighted by Crippen LogP contribution is -2.56. The van der Waals surface area contributed by atoms with Crippen LogP contribution in [0, 0.1) is 5.92 Å². The van der Waals surface area contributed by atoms with Gasteiger partial charge in [-0.25, -0.2) is 4.79 Å². The molecule has 1 aromatic rings. The van der Waals surface area contributed by atoms with E-state index in [2.05, 4.69) is 5.32 Å². The number of hydrogen-bond donors (Lipinski definition) is 2. The zero-order chi connectivity index (χ0) is 15.6. The minimum Gasteiger partial charge on any atom is -0.478 e. The number of benzene rings is 1. The Morgan fingerprint density at radius 2 is 2.24 bits per heavy atom. The zero-order valence-corrected chi connectivity index (χ0v) is 12.9. The van der Waals surface area contributed by atoms with Gasteiger partial charge in [0.15, 0.2) is 0 Å². The molecule has 1 amide bonds. The summed E-state index contributed by atoms with van der Waals surface area (Å²) in [5, 5.41) is 12.6. The first kappa shape index (κ1) is 15.8. The van der Waals surface area contributed by atoms with E-state index in [9.17, 15) is 14.7 Å². The van der Waals surface area contributed by atoms with Gasteiger partial charge in [-0.3, -0.25) is 9.69 Å². The first-order valence-corrected chi connectivity index (χ1v) is 7.32. The number of amides is 1. The van der Waals surface area contributed by atoms with Crippen LogP contribution in [0.15, 0.2) is 18.2 Å². The molecule has 0 aliphatic carbocycles. The fourth-order valence-electron chi connectivity index (χ4n) is 2.76. The van der Waals surface area contributed by atoms with Crippen LogP contribution in [0.5, 0.6) is 0 Å². The summed E-state index contributed by atoms with van der Waals surface area (Å²) in [6, 6.07) is 4.57. The lowest BCUT2D eigenvalue weighted by molar-refractivity contribution is -0.131. The molecule has 1 aliphatic heterocycles. The van der Waals surface area contributed by atoms with Crippen molar-refractivity contribution in [2.75, 3.05) is 13.1 Å². The van der Waals surface area contributed by atoms with Crippen molar-refractivity contribution >= 4 is 23.5 Å². The van der Waals surface area contributed by atoms with E-state index in [1.165, 1.54) is 6.07 Å². The third kappa shape index (κ3) is 3.36. The largest absolute Gasteiger partial charge is 0.478 e. The summed E-state index contributed by atoms with van der Waals surface area (Å²) in [6.45, 7) is 5.56. The topological polar surface area (TPSA) is 69.6 Å². The highest BCUT2D eigenvalue weighted by molar-refractivity contribution is 6.31. The van der Waals surface area contributed by atoms with E-state index in [-0.39, 0.29) is 23.4 Å². The molecule has 0 spiro atoms. The van der Waals surface area contributed by atoms with Crippen LogP contribution >= 0.6 is 11.6 Å². The third-order valence-corrected chi connectivity index (χ3v) is 4.06. The summed E-state index contributed by atoms with van der Waals surface area (Å²) in [4.78, 5) is 25.4. The fraction of sp³-hybridized carbons (Fsp3) is 0.467. The van der Waals surface area contributed by atoms with Gasteiger partial charge in [0, 0.05) is 24.7 Å². The Hall–Kier alpha value is -1.59. The van der Waals surface area contributed by atoms with Crippen LogP contribution in [0.25, 0.3) is 0 Å². The average molecular weight is 311 g/mol. The molecule has 1 aromatic carbocycles. The number of piperazine rings is 1. The molecule has 1 saturated heterocycles. The van der Waals surface area contributed by atoms with E-state index in [0.717, 1.165) is 0 Å². The SMILES string of the molecule is CC(C)C1C(=O)NCCN1Cc1c(Cl)cccc1C(=O)O. The van der Waals surface area contributed by atoms with Crippen molar-refractivity contribution in [3.8, 4) is 0 Å². The first-order valence-electron chi connectivity index (χ1n) is 6.94. The summed E-state index contributed by atoms with van der Waals surface area (Å²) in [7, 11) is 0. The molecule has 0 aromatic heterocycles. The molecule has 1 unspecified atom stereocenters. The molecule has 1 fully saturated rings. The number of carbonyl (C=O) groups is 2. The summed E-state index contributed by atoms with van der Waals surface area (Å²) in [5.41, 5.74) is 0.753. The van der Waals surface area contributed by atoms with Crippen LogP contribution in [-0.2, 0) is 11.3 Å². The molecular weight excluding hydrogens is 292 g/mol. The van der Waals surface area contributed by atoms with E-state index in [0.29, 0.717) is 30.2 Å². The highest BCUT2D eigenvalue weighted by Crippen LogP contribution is 2.25. The van der Waals surface area contributed by atoms with E-state index >= 15 is 0 Å². The summed E-state index contributed by atoms with van der Waals surface area (Å²) in [5.74, 6) is -0.878. The molecule has 114 valence electrons. The summed E-state index contributed by atoms with van der Waals surface area (Å²) < 4.78 is 0. The standard InChI is InChI=1S/C15H19ClN2O3/c1-9(2)13-14(19)17-6-7-18(13)8-11-10(15(20)21)4-3-5-12(11)16/h3-5,9,13H,6-8H2,1-2H3,(H,17,19)(H,20,21). The molecule has 21 heavy (non-hydrogen) atoms. The molecule has 1 aliphatic rings. The van der Waals surface area contributed by atoms with Gasteiger partial charge in [-0.15, -0.1) is 0 Å². The summed E-state index contributed by atoms with van der Waals surface area (Å²) >= 11 is 6.17. The maximum atomic E-state index is 12.0. The quantitative estimate of drug-likeness (QED) is 0.892. The van der Waals surface area contributed by atoms with Gasteiger partial charge in [-0.1, -0.05) is 31.5 Å². The first-order chi connectivity index (χ1) is 9.91. The van der Waals surface area contributed by atoms with Crippen LogP contribution < -0.4 is 5.32 Å². The molecule has 1 heterocycles. The Bertz CT molecular complexity index is 560. The highest BCUT2D eigenvalue weighted by Gasteiger charge is 2.33. The number of carboxylic acids is 1. The van der Waals surface area contributed by atoms with E-state index < -0.39 is 5.97 Å². The number of halogens is 1. The van der Waals surface area contributed by atoms with Gasteiger partial charge in [0.25, 0.3) is 0 Å². The Labute approximate surface area is 128 Å². The van der Waals surface area contributed by atoms with Gasteiger partial charge in [0.05, 0.1) is 11.6 Å². The molecule has 2 rings (SSSR count). The minimum absolute atomic E-state index is 0.0137. The van der Waals surface area contributed by atoms with Gasteiger partial charge in [0.1, 0.15) is 0 Å². The number of hydrogen-bond acceptors (Lipinski definition) is 3. The van der Waals surface area contributed by atoms with Crippen molar-refractivity contribution in [2.45, 2.75) is 26.4 Å². The van der Waals surface area contributed by atoms with Crippen molar-refractivity contribution in [1.29, 1.82) is 0 Å². The number of nitrogens with one attached hydrogen (secondary N) is 1. The van der Waals surface area contributed by atoms with Gasteiger partial charge < -0.3 is 10.4 Å². The molecule has 6 heteroatoms. The number of aromatic carboxylic acids is 1. The maximum Gasteiger partial charge on any atom is 0.336 e. The molecule has 0 radical (unpaired) electrons. The second-order valence-corrected chi connectivity index (χ2v) is 5.93. The second kappa shape index (κ2) is 6.45. The van der Waals surface area contributed by atoms with E-state index in [4.69, 9.17) is 11.6 Å². The van der Waals surface area contributed by atoms with Gasteiger partial charge in [-0.2, -0.15) is 0 Å². The number of rotatable bonds is 4. The van der Waals surface area contributed by atoms with Crippen LogP contribution in [0.1, 0.15) is 29.8 Å². The highest BCUT2D eigenvalue weighted by atomic mass is 35.5. The Morgan fingerprint density at radius 1 is 1.52 bits per heavy atom. The Balaban J connectivity index is 2.32. The monoisotopic (exact) mass is 310 g/mol. The van der Waals surface area contributed by atoms with Gasteiger partial charge in [0.2, 0.25) is 5.91 Å². The molecule has 1 atom stereocenters. The van der Waals surface area contributed by atoms with E-state index in [1.54, 1.807) is 12.1 Å². The zero-order valence-electron chi connectivity index (χ0n) is 12.1. The smallest absolute Gasteiger partial charge is 0.336 e. The van der Waals surface area contributed by atoms with Crippen molar-refractivity contribution < 1.29 is 14.7 Å². The number of carboxylic acid groups (broad SMARTS) is 1. The van der Waals surface area contributed by atoms with Crippen LogP contribution in [-0.4, -0.2) is 41.0 Å². The lowest BCUT2D eigenvalue weighted by Gasteiger charge is -2.37. The number of nitrogens with zero attached hydrogens (tertiary/aromatic N) is 1. The summed E-state index contributed by atoms with van der Waals surface area (Å²) in [6.07, 6.45) is 0. The van der Waals surface area contributed by atoms with Gasteiger partial charge in [-0.05, 0) is 23.6 Å². The second-order valence-electron chi connectivity index (χ2n) is 5.52. The molecule has 0 bridgehead atoms. The minimum atomic E-state index is -1.00. The Kier molecular flexibility index (Phi) is 4.85. The van der Waals surface area contributed by atoms with Crippen molar-refractivity contribution in [3.63, 3.8) is 0 Å². The number of carbonyl (C=O) groups excluding carboxylic acids is 1. The average Bonchev–Trinajstić information content (AvgIpc) is 2.40. The van der Waals surface area contributed by atoms with E-state index in [1.807, 2.05) is 18.7 Å². The molecule has 0 saturated carbocycles. The molecule has 2 N–H and O–H groups in total. The van der Waals surface area contributed by atoms with Crippen LogP contribution in [0.2, 0.25) is 5.02 Å². The normalized spacial score (nSPS) is 19.6. The lowest BCUT2D eigenvalue weighted by atomic mass is 9.98. The maximum absolute atomic E-state index is 12.0. The Morgan fingerprint density at radius 3 is 2.86 bits per heavy atom. The van der Waals surface area contributed by atoms with Crippen molar-refractivity contribution in [2.24, 2.45) is 5.92 Å². The van der Waals surface area contributed by atoms with Crippen LogP contribution in [0.4, 0.5) is 0 Å². The van der Waals surface area contributed by atoms with Crippen LogP contribution in [0.3, 0.4) is 0 Å². The molecular formula is C15H19ClN2O3. The van der Waals surface area contributed by atoms with Crippen molar-refractivity contribution in [1.82, 2.24) is 10.2 Å².